The third-order valence-corrected chi connectivity index (χ3v) is 3.40. The molecule has 0 amide bonds. The maximum absolute atomic E-state index is 11.5. The van der Waals surface area contributed by atoms with Gasteiger partial charge < -0.3 is 9.64 Å². The molecule has 0 saturated carbocycles. The molecule has 108 valence electrons. The lowest BCUT2D eigenvalue weighted by molar-refractivity contribution is -0.144. The van der Waals surface area contributed by atoms with Crippen LogP contribution in [-0.4, -0.2) is 48.4 Å². The summed E-state index contributed by atoms with van der Waals surface area (Å²) in [6.45, 7) is 7.77. The zero-order valence-electron chi connectivity index (χ0n) is 12.9. The van der Waals surface area contributed by atoms with Crippen LogP contribution in [0, 0.1) is 19.8 Å². The number of ether oxygens (including phenoxy) is 1. The summed E-state index contributed by atoms with van der Waals surface area (Å²) in [4.78, 5) is 13.6. The monoisotopic (exact) mass is 267 g/mol. The van der Waals surface area contributed by atoms with Crippen LogP contribution < -0.4 is 0 Å². The van der Waals surface area contributed by atoms with E-state index in [-0.39, 0.29) is 11.9 Å². The second-order valence-electron chi connectivity index (χ2n) is 5.30. The van der Waals surface area contributed by atoms with E-state index in [1.807, 2.05) is 32.6 Å². The summed E-state index contributed by atoms with van der Waals surface area (Å²) < 4.78 is 6.80. The van der Waals surface area contributed by atoms with E-state index in [0.29, 0.717) is 6.42 Å². The summed E-state index contributed by atoms with van der Waals surface area (Å²) in [6, 6.07) is 0. The van der Waals surface area contributed by atoms with Gasteiger partial charge in [0.15, 0.2) is 0 Å². The molecule has 0 saturated heterocycles. The SMILES string of the molecule is COC(=O)C(C)Cc1c(C)nn(CCN(C)C)c1C. The molecule has 0 radical (unpaired) electrons. The van der Waals surface area contributed by atoms with Crippen molar-refractivity contribution in [2.45, 2.75) is 33.7 Å². The molecule has 0 aliphatic carbocycles. The summed E-state index contributed by atoms with van der Waals surface area (Å²) in [5.74, 6) is -0.297. The van der Waals surface area contributed by atoms with E-state index in [4.69, 9.17) is 4.74 Å². The first kappa shape index (κ1) is 15.7. The van der Waals surface area contributed by atoms with E-state index < -0.39 is 0 Å². The van der Waals surface area contributed by atoms with Crippen LogP contribution in [0.15, 0.2) is 0 Å². The number of aromatic nitrogens is 2. The van der Waals surface area contributed by atoms with E-state index in [0.717, 1.165) is 30.0 Å². The molecule has 1 rings (SSSR count). The van der Waals surface area contributed by atoms with Crippen molar-refractivity contribution in [1.29, 1.82) is 0 Å². The Morgan fingerprint density at radius 1 is 1.42 bits per heavy atom. The normalized spacial score (nSPS) is 12.8. The van der Waals surface area contributed by atoms with Gasteiger partial charge in [0.2, 0.25) is 0 Å². The van der Waals surface area contributed by atoms with Crippen molar-refractivity contribution < 1.29 is 9.53 Å². The molecule has 0 spiro atoms. The molecular formula is C14H25N3O2. The minimum absolute atomic E-state index is 0.131. The summed E-state index contributed by atoms with van der Waals surface area (Å²) in [6.07, 6.45) is 0.687. The highest BCUT2D eigenvalue weighted by molar-refractivity contribution is 5.72. The molecule has 0 aliphatic heterocycles. The average Bonchev–Trinajstić information content (AvgIpc) is 2.62. The third kappa shape index (κ3) is 4.06. The first-order valence-electron chi connectivity index (χ1n) is 6.62. The predicted octanol–water partition coefficient (Wildman–Crippen LogP) is 1.41. The maximum Gasteiger partial charge on any atom is 0.308 e. The van der Waals surface area contributed by atoms with Gasteiger partial charge in [-0.15, -0.1) is 0 Å². The zero-order chi connectivity index (χ0) is 14.6. The van der Waals surface area contributed by atoms with E-state index in [1.165, 1.54) is 7.11 Å². The highest BCUT2D eigenvalue weighted by Gasteiger charge is 2.19. The topological polar surface area (TPSA) is 47.4 Å². The Balaban J connectivity index is 2.82. The van der Waals surface area contributed by atoms with Gasteiger partial charge in [0.05, 0.1) is 25.3 Å². The molecular weight excluding hydrogens is 242 g/mol. The molecule has 0 aromatic carbocycles. The van der Waals surface area contributed by atoms with E-state index in [2.05, 4.69) is 16.9 Å². The largest absolute Gasteiger partial charge is 0.469 e. The lowest BCUT2D eigenvalue weighted by Gasteiger charge is -2.12. The van der Waals surface area contributed by atoms with Gasteiger partial charge in [-0.3, -0.25) is 9.48 Å². The molecule has 5 heteroatoms. The van der Waals surface area contributed by atoms with E-state index in [1.54, 1.807) is 0 Å². The van der Waals surface area contributed by atoms with Crippen molar-refractivity contribution in [3.63, 3.8) is 0 Å². The quantitative estimate of drug-likeness (QED) is 0.731. The number of nitrogens with zero attached hydrogens (tertiary/aromatic N) is 3. The molecule has 0 bridgehead atoms. The molecule has 1 aromatic rings. The van der Waals surface area contributed by atoms with Crippen LogP contribution in [0.5, 0.6) is 0 Å². The first-order valence-corrected chi connectivity index (χ1v) is 6.62. The van der Waals surface area contributed by atoms with Gasteiger partial charge in [-0.1, -0.05) is 6.92 Å². The Labute approximate surface area is 115 Å². The molecule has 19 heavy (non-hydrogen) atoms. The fourth-order valence-electron chi connectivity index (χ4n) is 2.13. The van der Waals surface area contributed by atoms with E-state index >= 15 is 0 Å². The second kappa shape index (κ2) is 6.70. The number of esters is 1. The minimum atomic E-state index is -0.167. The second-order valence-corrected chi connectivity index (χ2v) is 5.30. The van der Waals surface area contributed by atoms with Gasteiger partial charge in [0, 0.05) is 12.2 Å². The van der Waals surface area contributed by atoms with Crippen LogP contribution >= 0.6 is 0 Å². The molecule has 5 nitrogen and oxygen atoms in total. The fourth-order valence-corrected chi connectivity index (χ4v) is 2.13. The molecule has 0 fully saturated rings. The van der Waals surface area contributed by atoms with Crippen molar-refractivity contribution in [3.05, 3.63) is 17.0 Å². The van der Waals surface area contributed by atoms with Crippen LogP contribution in [-0.2, 0) is 22.5 Å². The van der Waals surface area contributed by atoms with Crippen LogP contribution in [0.1, 0.15) is 23.9 Å². The predicted molar refractivity (Wildman–Crippen MR) is 75.1 cm³/mol. The lowest BCUT2D eigenvalue weighted by atomic mass is 10.00. The van der Waals surface area contributed by atoms with Crippen molar-refractivity contribution in [1.82, 2.24) is 14.7 Å². The maximum atomic E-state index is 11.5. The minimum Gasteiger partial charge on any atom is -0.469 e. The number of aryl methyl sites for hydroxylation is 1. The number of carbonyl (C=O) groups is 1. The van der Waals surface area contributed by atoms with Crippen LogP contribution in [0.25, 0.3) is 0 Å². The van der Waals surface area contributed by atoms with E-state index in [9.17, 15) is 4.79 Å². The number of hydrogen-bond donors (Lipinski definition) is 0. The smallest absolute Gasteiger partial charge is 0.308 e. The summed E-state index contributed by atoms with van der Waals surface area (Å²) >= 11 is 0. The molecule has 0 N–H and O–H groups in total. The summed E-state index contributed by atoms with van der Waals surface area (Å²) in [5.41, 5.74) is 3.32. The van der Waals surface area contributed by atoms with Gasteiger partial charge in [0.1, 0.15) is 0 Å². The van der Waals surface area contributed by atoms with Gasteiger partial charge >= 0.3 is 5.97 Å². The molecule has 1 atom stereocenters. The summed E-state index contributed by atoms with van der Waals surface area (Å²) in [5, 5.41) is 4.56. The van der Waals surface area contributed by atoms with Crippen LogP contribution in [0.2, 0.25) is 0 Å². The van der Waals surface area contributed by atoms with Crippen LogP contribution in [0.4, 0.5) is 0 Å². The molecule has 0 aliphatic rings. The summed E-state index contributed by atoms with van der Waals surface area (Å²) in [7, 11) is 5.52. The van der Waals surface area contributed by atoms with Crippen molar-refractivity contribution in [2.24, 2.45) is 5.92 Å². The Hall–Kier alpha value is -1.36. The number of carbonyl (C=O) groups excluding carboxylic acids is 1. The zero-order valence-corrected chi connectivity index (χ0v) is 12.9. The van der Waals surface area contributed by atoms with Crippen molar-refractivity contribution >= 4 is 5.97 Å². The van der Waals surface area contributed by atoms with Crippen molar-refractivity contribution in [2.75, 3.05) is 27.7 Å². The lowest BCUT2D eigenvalue weighted by Crippen LogP contribution is -2.20. The number of hydrogen-bond acceptors (Lipinski definition) is 4. The molecule has 1 heterocycles. The third-order valence-electron chi connectivity index (χ3n) is 3.40. The highest BCUT2D eigenvalue weighted by Crippen LogP contribution is 2.18. The van der Waals surface area contributed by atoms with Gasteiger partial charge in [-0.2, -0.15) is 5.10 Å². The number of likely N-dealkylation sites (N-methyl/N-ethyl adjacent to an activating group) is 1. The van der Waals surface area contributed by atoms with Gasteiger partial charge in [-0.05, 0) is 39.9 Å². The Kier molecular flexibility index (Phi) is 5.54. The Bertz CT molecular complexity index is 438. The van der Waals surface area contributed by atoms with Gasteiger partial charge in [-0.25, -0.2) is 0 Å². The molecule has 1 unspecified atom stereocenters. The van der Waals surface area contributed by atoms with Gasteiger partial charge in [0.25, 0.3) is 0 Å². The standard InChI is InChI=1S/C14H25N3O2/c1-10(14(18)19-6)9-13-11(2)15-17(12(13)3)8-7-16(4)5/h10H,7-9H2,1-6H3. The first-order chi connectivity index (χ1) is 8.86. The van der Waals surface area contributed by atoms with Crippen molar-refractivity contribution in [3.8, 4) is 0 Å². The Morgan fingerprint density at radius 2 is 2.05 bits per heavy atom. The fraction of sp³-hybridized carbons (Fsp3) is 0.714. The number of rotatable bonds is 6. The average molecular weight is 267 g/mol. The van der Waals surface area contributed by atoms with Crippen LogP contribution in [0.3, 0.4) is 0 Å². The highest BCUT2D eigenvalue weighted by atomic mass is 16.5. The molecule has 1 aromatic heterocycles. The number of methoxy groups -OCH3 is 1. The Morgan fingerprint density at radius 3 is 2.58 bits per heavy atom.